The van der Waals surface area contributed by atoms with Gasteiger partial charge in [-0.1, -0.05) is 149 Å². The summed E-state index contributed by atoms with van der Waals surface area (Å²) in [6.45, 7) is 16.5. The summed E-state index contributed by atoms with van der Waals surface area (Å²) in [5.41, 5.74) is 6.28. The Balaban J connectivity index is 1.38. The van der Waals surface area contributed by atoms with Crippen LogP contribution in [0.5, 0.6) is 0 Å². The van der Waals surface area contributed by atoms with E-state index in [1.54, 1.807) is 0 Å². The SMILES string of the molecule is C=C(CCCCCCCCCCCCCCCCCCCCC)NCCC(=C)c1cc(NC2CCC(C)C2)ccc1C. The minimum absolute atomic E-state index is 0.623. The Hall–Kier alpha value is -1.70. The molecule has 1 aliphatic rings. The molecule has 42 heavy (non-hydrogen) atoms. The molecular formula is C40H70N2. The van der Waals surface area contributed by atoms with E-state index < -0.39 is 0 Å². The lowest BCUT2D eigenvalue weighted by atomic mass is 9.98. The van der Waals surface area contributed by atoms with E-state index in [0.29, 0.717) is 6.04 Å². The number of anilines is 1. The van der Waals surface area contributed by atoms with E-state index >= 15 is 0 Å². The highest BCUT2D eigenvalue weighted by atomic mass is 14.9. The zero-order valence-corrected chi connectivity index (χ0v) is 28.5. The van der Waals surface area contributed by atoms with Gasteiger partial charge in [0.05, 0.1) is 0 Å². The van der Waals surface area contributed by atoms with E-state index in [2.05, 4.69) is 62.8 Å². The monoisotopic (exact) mass is 579 g/mol. The number of hydrogen-bond acceptors (Lipinski definition) is 2. The summed E-state index contributed by atoms with van der Waals surface area (Å²) >= 11 is 0. The average Bonchev–Trinajstić information content (AvgIpc) is 3.39. The van der Waals surface area contributed by atoms with Gasteiger partial charge >= 0.3 is 0 Å². The number of hydrogen-bond donors (Lipinski definition) is 2. The lowest BCUT2D eigenvalue weighted by Gasteiger charge is -2.17. The first-order valence-corrected chi connectivity index (χ1v) is 18.5. The van der Waals surface area contributed by atoms with Crippen LogP contribution in [0.15, 0.2) is 37.1 Å². The first-order valence-electron chi connectivity index (χ1n) is 18.5. The van der Waals surface area contributed by atoms with Crippen LogP contribution in [0.4, 0.5) is 5.69 Å². The normalized spacial score (nSPS) is 16.5. The van der Waals surface area contributed by atoms with Crippen molar-refractivity contribution in [3.05, 3.63) is 48.2 Å². The molecule has 1 saturated carbocycles. The van der Waals surface area contributed by atoms with Gasteiger partial charge in [0, 0.05) is 24.0 Å². The predicted molar refractivity (Wildman–Crippen MR) is 190 cm³/mol. The fraction of sp³-hybridized carbons (Fsp3) is 0.750. The zero-order valence-electron chi connectivity index (χ0n) is 28.5. The van der Waals surface area contributed by atoms with E-state index in [1.807, 2.05) is 0 Å². The molecule has 2 N–H and O–H groups in total. The van der Waals surface area contributed by atoms with Gasteiger partial charge in [0.2, 0.25) is 0 Å². The molecule has 0 bridgehead atoms. The minimum atomic E-state index is 0.623. The quantitative estimate of drug-likeness (QED) is 0.101. The molecule has 1 fully saturated rings. The number of rotatable bonds is 27. The molecule has 1 aromatic rings. The van der Waals surface area contributed by atoms with Gasteiger partial charge in [0.1, 0.15) is 0 Å². The van der Waals surface area contributed by atoms with Gasteiger partial charge in [0.25, 0.3) is 0 Å². The van der Waals surface area contributed by atoms with Crippen molar-refractivity contribution in [1.29, 1.82) is 0 Å². The van der Waals surface area contributed by atoms with Crippen molar-refractivity contribution < 1.29 is 0 Å². The van der Waals surface area contributed by atoms with Gasteiger partial charge in [0.15, 0.2) is 0 Å². The van der Waals surface area contributed by atoms with E-state index in [-0.39, 0.29) is 0 Å². The summed E-state index contributed by atoms with van der Waals surface area (Å²) in [5.74, 6) is 0.848. The van der Waals surface area contributed by atoms with Crippen LogP contribution < -0.4 is 10.6 Å². The molecule has 0 aromatic heterocycles. The fourth-order valence-corrected chi connectivity index (χ4v) is 6.70. The minimum Gasteiger partial charge on any atom is -0.388 e. The van der Waals surface area contributed by atoms with Crippen molar-refractivity contribution in [2.75, 3.05) is 11.9 Å². The molecule has 0 saturated heterocycles. The molecule has 1 aromatic carbocycles. The first-order chi connectivity index (χ1) is 20.5. The Morgan fingerprint density at radius 3 is 1.74 bits per heavy atom. The highest BCUT2D eigenvalue weighted by molar-refractivity contribution is 5.70. The zero-order chi connectivity index (χ0) is 30.3. The Morgan fingerprint density at radius 1 is 0.714 bits per heavy atom. The number of allylic oxidation sites excluding steroid dienone is 1. The van der Waals surface area contributed by atoms with Gasteiger partial charge in [-0.3, -0.25) is 0 Å². The van der Waals surface area contributed by atoms with Gasteiger partial charge < -0.3 is 10.6 Å². The number of nitrogens with one attached hydrogen (secondary N) is 2. The lowest BCUT2D eigenvalue weighted by Crippen LogP contribution is -2.16. The van der Waals surface area contributed by atoms with E-state index in [1.165, 1.54) is 169 Å². The smallest absolute Gasteiger partial charge is 0.0348 e. The lowest BCUT2D eigenvalue weighted by molar-refractivity contribution is 0.522. The van der Waals surface area contributed by atoms with Crippen molar-refractivity contribution in [2.24, 2.45) is 5.92 Å². The second-order valence-corrected chi connectivity index (χ2v) is 13.8. The van der Waals surface area contributed by atoms with Crippen LogP contribution in [0.1, 0.15) is 179 Å². The maximum absolute atomic E-state index is 4.42. The molecule has 2 nitrogen and oxygen atoms in total. The van der Waals surface area contributed by atoms with Gasteiger partial charge in [-0.25, -0.2) is 0 Å². The highest BCUT2D eigenvalue weighted by Crippen LogP contribution is 2.30. The molecule has 2 atom stereocenters. The summed E-state index contributed by atoms with van der Waals surface area (Å²) < 4.78 is 0. The number of benzene rings is 1. The van der Waals surface area contributed by atoms with E-state index in [9.17, 15) is 0 Å². The molecule has 0 radical (unpaired) electrons. The number of unbranched alkanes of at least 4 members (excludes halogenated alkanes) is 18. The summed E-state index contributed by atoms with van der Waals surface area (Å²) in [7, 11) is 0. The van der Waals surface area contributed by atoms with Gasteiger partial charge in [-0.2, -0.15) is 0 Å². The molecule has 2 unspecified atom stereocenters. The molecule has 2 heteroatoms. The Morgan fingerprint density at radius 2 is 1.24 bits per heavy atom. The van der Waals surface area contributed by atoms with Crippen molar-refractivity contribution in [2.45, 2.75) is 181 Å². The topological polar surface area (TPSA) is 24.1 Å². The molecule has 240 valence electrons. The van der Waals surface area contributed by atoms with Crippen LogP contribution in [0.3, 0.4) is 0 Å². The van der Waals surface area contributed by atoms with Crippen LogP contribution in [0.2, 0.25) is 0 Å². The third-order valence-electron chi connectivity index (χ3n) is 9.57. The van der Waals surface area contributed by atoms with E-state index in [0.717, 1.165) is 25.3 Å². The molecule has 0 heterocycles. The predicted octanol–water partition coefficient (Wildman–Crippen LogP) is 12.9. The van der Waals surface area contributed by atoms with E-state index in [4.69, 9.17) is 0 Å². The van der Waals surface area contributed by atoms with Crippen LogP contribution >= 0.6 is 0 Å². The van der Waals surface area contributed by atoms with Crippen LogP contribution in [-0.2, 0) is 0 Å². The largest absolute Gasteiger partial charge is 0.388 e. The highest BCUT2D eigenvalue weighted by Gasteiger charge is 2.21. The van der Waals surface area contributed by atoms with Gasteiger partial charge in [-0.05, 0) is 80.2 Å². The molecule has 1 aliphatic carbocycles. The average molecular weight is 579 g/mol. The third-order valence-corrected chi connectivity index (χ3v) is 9.57. The van der Waals surface area contributed by atoms with Crippen LogP contribution in [-0.4, -0.2) is 12.6 Å². The van der Waals surface area contributed by atoms with Crippen LogP contribution in [0.25, 0.3) is 5.57 Å². The standard InChI is InChI=1S/C40H70N2/c1-6-7-8-9-10-11-12-13-14-15-16-17-18-19-20-21-22-23-24-25-37(5)41-31-30-36(4)40-33-39(29-27-35(40)3)42-38-28-26-34(2)32-38/h27,29,33-34,38,41-42H,4-26,28,30-32H2,1-3H3. The maximum Gasteiger partial charge on any atom is 0.0348 e. The summed E-state index contributed by atoms with van der Waals surface area (Å²) in [4.78, 5) is 0. The maximum atomic E-state index is 4.42. The second-order valence-electron chi connectivity index (χ2n) is 13.8. The third kappa shape index (κ3) is 17.4. The fourth-order valence-electron chi connectivity index (χ4n) is 6.70. The summed E-state index contributed by atoms with van der Waals surface area (Å²) in [5, 5.41) is 7.33. The van der Waals surface area contributed by atoms with Crippen molar-refractivity contribution in [3.63, 3.8) is 0 Å². The molecular weight excluding hydrogens is 508 g/mol. The second kappa shape index (κ2) is 23.7. The first kappa shape index (κ1) is 36.5. The van der Waals surface area contributed by atoms with Crippen LogP contribution in [0, 0.1) is 12.8 Å². The molecule has 0 aliphatic heterocycles. The Bertz CT molecular complexity index is 840. The molecule has 0 amide bonds. The molecule has 2 rings (SSSR count). The Labute approximate surface area is 263 Å². The summed E-state index contributed by atoms with van der Waals surface area (Å²) in [6.07, 6.45) is 33.1. The number of aryl methyl sites for hydroxylation is 1. The van der Waals surface area contributed by atoms with Gasteiger partial charge in [-0.15, -0.1) is 0 Å². The Kier molecular flexibility index (Phi) is 20.6. The van der Waals surface area contributed by atoms with Crippen molar-refractivity contribution >= 4 is 11.3 Å². The summed E-state index contributed by atoms with van der Waals surface area (Å²) in [6, 6.07) is 7.41. The van der Waals surface area contributed by atoms with Crippen molar-refractivity contribution in [1.82, 2.24) is 5.32 Å². The van der Waals surface area contributed by atoms with Crippen molar-refractivity contribution in [3.8, 4) is 0 Å². The molecule has 0 spiro atoms.